The third-order valence-corrected chi connectivity index (χ3v) is 2.53. The lowest BCUT2D eigenvalue weighted by Crippen LogP contribution is -2.06. The molecule has 0 aliphatic rings. The Bertz CT molecular complexity index is 621. The Labute approximate surface area is 103 Å². The minimum Gasteiger partial charge on any atom is -0.465 e. The zero-order valence-corrected chi connectivity index (χ0v) is 9.97. The van der Waals surface area contributed by atoms with Crippen molar-refractivity contribution >= 4 is 22.8 Å². The second kappa shape index (κ2) is 4.83. The van der Waals surface area contributed by atoms with E-state index in [4.69, 9.17) is 0 Å². The van der Waals surface area contributed by atoms with E-state index in [2.05, 4.69) is 14.5 Å². The van der Waals surface area contributed by atoms with Gasteiger partial charge in [-0.05, 0) is 24.3 Å². The highest BCUT2D eigenvalue weighted by Crippen LogP contribution is 2.18. The SMILES string of the molecule is COC(=O)c1ccc2c(C(=O)OC)cccc2n1. The largest absolute Gasteiger partial charge is 0.465 e. The molecule has 0 unspecified atom stereocenters. The molecular weight excluding hydrogens is 234 g/mol. The molecule has 0 amide bonds. The number of pyridine rings is 1. The third-order valence-electron chi connectivity index (χ3n) is 2.53. The van der Waals surface area contributed by atoms with Crippen LogP contribution in [0.5, 0.6) is 0 Å². The first-order chi connectivity index (χ1) is 8.67. The Balaban J connectivity index is 2.60. The number of hydrogen-bond acceptors (Lipinski definition) is 5. The van der Waals surface area contributed by atoms with Crippen LogP contribution in [-0.4, -0.2) is 31.1 Å². The van der Waals surface area contributed by atoms with Crippen molar-refractivity contribution in [2.24, 2.45) is 0 Å². The zero-order chi connectivity index (χ0) is 13.1. The number of ether oxygens (including phenoxy) is 2. The molecule has 5 nitrogen and oxygen atoms in total. The lowest BCUT2D eigenvalue weighted by atomic mass is 10.1. The van der Waals surface area contributed by atoms with Gasteiger partial charge in [0.25, 0.3) is 0 Å². The molecule has 0 aliphatic carbocycles. The summed E-state index contributed by atoms with van der Waals surface area (Å²) >= 11 is 0. The van der Waals surface area contributed by atoms with Crippen LogP contribution in [0.3, 0.4) is 0 Å². The van der Waals surface area contributed by atoms with Crippen molar-refractivity contribution in [2.75, 3.05) is 14.2 Å². The Morgan fingerprint density at radius 2 is 1.72 bits per heavy atom. The summed E-state index contributed by atoms with van der Waals surface area (Å²) in [5.41, 5.74) is 1.16. The molecule has 0 radical (unpaired) electrons. The van der Waals surface area contributed by atoms with Gasteiger partial charge >= 0.3 is 11.9 Å². The van der Waals surface area contributed by atoms with Crippen molar-refractivity contribution in [1.82, 2.24) is 4.98 Å². The molecule has 92 valence electrons. The number of aromatic nitrogens is 1. The fourth-order valence-corrected chi connectivity index (χ4v) is 1.66. The van der Waals surface area contributed by atoms with Crippen molar-refractivity contribution in [2.45, 2.75) is 0 Å². The molecule has 0 saturated heterocycles. The molecule has 0 bridgehead atoms. The molecular formula is C13H11NO4. The van der Waals surface area contributed by atoms with E-state index >= 15 is 0 Å². The smallest absolute Gasteiger partial charge is 0.356 e. The highest BCUT2D eigenvalue weighted by atomic mass is 16.5. The van der Waals surface area contributed by atoms with Crippen LogP contribution in [-0.2, 0) is 9.47 Å². The summed E-state index contributed by atoms with van der Waals surface area (Å²) in [6.07, 6.45) is 0. The predicted molar refractivity (Wildman–Crippen MR) is 64.4 cm³/mol. The molecule has 0 N–H and O–H groups in total. The predicted octanol–water partition coefficient (Wildman–Crippen LogP) is 1.81. The number of carbonyl (C=O) groups is 2. The van der Waals surface area contributed by atoms with Gasteiger partial charge in [-0.15, -0.1) is 0 Å². The summed E-state index contributed by atoms with van der Waals surface area (Å²) in [4.78, 5) is 27.1. The number of carbonyl (C=O) groups excluding carboxylic acids is 2. The summed E-state index contributed by atoms with van der Waals surface area (Å²) in [6.45, 7) is 0. The quantitative estimate of drug-likeness (QED) is 0.755. The summed E-state index contributed by atoms with van der Waals surface area (Å²) in [7, 11) is 2.61. The van der Waals surface area contributed by atoms with Crippen LogP contribution >= 0.6 is 0 Å². The maximum Gasteiger partial charge on any atom is 0.356 e. The first kappa shape index (κ1) is 12.0. The molecule has 1 aromatic carbocycles. The van der Waals surface area contributed by atoms with E-state index in [1.54, 1.807) is 24.3 Å². The Morgan fingerprint density at radius 3 is 2.39 bits per heavy atom. The average Bonchev–Trinajstić information content (AvgIpc) is 2.44. The van der Waals surface area contributed by atoms with Gasteiger partial charge in [0, 0.05) is 5.39 Å². The van der Waals surface area contributed by atoms with Crippen LogP contribution < -0.4 is 0 Å². The molecule has 0 spiro atoms. The highest BCUT2D eigenvalue weighted by molar-refractivity contribution is 6.04. The maximum absolute atomic E-state index is 11.6. The fraction of sp³-hybridized carbons (Fsp3) is 0.154. The fourth-order valence-electron chi connectivity index (χ4n) is 1.66. The second-order valence-corrected chi connectivity index (χ2v) is 3.55. The number of nitrogens with zero attached hydrogens (tertiary/aromatic N) is 1. The summed E-state index contributed by atoms with van der Waals surface area (Å²) < 4.78 is 9.28. The van der Waals surface area contributed by atoms with E-state index in [9.17, 15) is 9.59 Å². The summed E-state index contributed by atoms with van der Waals surface area (Å²) in [5, 5.41) is 0.636. The van der Waals surface area contributed by atoms with Gasteiger partial charge in [0.15, 0.2) is 0 Å². The van der Waals surface area contributed by atoms with Crippen LogP contribution in [0.4, 0.5) is 0 Å². The maximum atomic E-state index is 11.6. The number of methoxy groups -OCH3 is 2. The van der Waals surface area contributed by atoms with Crippen molar-refractivity contribution in [3.05, 3.63) is 41.6 Å². The van der Waals surface area contributed by atoms with Gasteiger partial charge in [-0.2, -0.15) is 0 Å². The molecule has 1 aromatic heterocycles. The zero-order valence-electron chi connectivity index (χ0n) is 9.97. The highest BCUT2D eigenvalue weighted by Gasteiger charge is 2.13. The number of rotatable bonds is 2. The van der Waals surface area contributed by atoms with Crippen LogP contribution in [0.25, 0.3) is 10.9 Å². The lowest BCUT2D eigenvalue weighted by Gasteiger charge is -2.05. The molecule has 2 aromatic rings. The van der Waals surface area contributed by atoms with Gasteiger partial charge in [-0.3, -0.25) is 0 Å². The van der Waals surface area contributed by atoms with E-state index in [0.717, 1.165) is 0 Å². The first-order valence-electron chi connectivity index (χ1n) is 5.23. The molecule has 5 heteroatoms. The Morgan fingerprint density at radius 1 is 1.00 bits per heavy atom. The normalized spacial score (nSPS) is 10.1. The molecule has 0 saturated carbocycles. The summed E-state index contributed by atoms with van der Waals surface area (Å²) in [5.74, 6) is -0.950. The van der Waals surface area contributed by atoms with Gasteiger partial charge in [0.05, 0.1) is 25.3 Å². The van der Waals surface area contributed by atoms with E-state index in [1.807, 2.05) is 0 Å². The first-order valence-corrected chi connectivity index (χ1v) is 5.23. The minimum absolute atomic E-state index is 0.201. The van der Waals surface area contributed by atoms with Gasteiger partial charge in [0.2, 0.25) is 0 Å². The van der Waals surface area contributed by atoms with Crippen molar-refractivity contribution in [3.63, 3.8) is 0 Å². The van der Waals surface area contributed by atoms with E-state index in [0.29, 0.717) is 16.5 Å². The van der Waals surface area contributed by atoms with E-state index in [1.165, 1.54) is 20.3 Å². The molecule has 1 heterocycles. The molecule has 0 atom stereocenters. The number of esters is 2. The van der Waals surface area contributed by atoms with E-state index < -0.39 is 11.9 Å². The van der Waals surface area contributed by atoms with Crippen molar-refractivity contribution in [3.8, 4) is 0 Å². The van der Waals surface area contributed by atoms with Crippen LogP contribution in [0.15, 0.2) is 30.3 Å². The van der Waals surface area contributed by atoms with Crippen molar-refractivity contribution in [1.29, 1.82) is 0 Å². The topological polar surface area (TPSA) is 65.5 Å². The number of hydrogen-bond donors (Lipinski definition) is 0. The standard InChI is InChI=1S/C13H11NO4/c1-17-12(15)9-4-3-5-10-8(9)6-7-11(14-10)13(16)18-2/h3-7H,1-2H3. The molecule has 0 aliphatic heterocycles. The molecule has 2 rings (SSSR count). The van der Waals surface area contributed by atoms with Gasteiger partial charge in [0.1, 0.15) is 5.69 Å². The van der Waals surface area contributed by atoms with Crippen LogP contribution in [0.2, 0.25) is 0 Å². The average molecular weight is 245 g/mol. The van der Waals surface area contributed by atoms with E-state index in [-0.39, 0.29) is 5.69 Å². The van der Waals surface area contributed by atoms with Gasteiger partial charge in [-0.1, -0.05) is 6.07 Å². The minimum atomic E-state index is -0.514. The Kier molecular flexibility index (Phi) is 3.23. The monoisotopic (exact) mass is 245 g/mol. The van der Waals surface area contributed by atoms with Gasteiger partial charge < -0.3 is 9.47 Å². The lowest BCUT2D eigenvalue weighted by molar-refractivity contribution is 0.0590. The van der Waals surface area contributed by atoms with Crippen LogP contribution in [0.1, 0.15) is 20.8 Å². The molecule has 0 fully saturated rings. The Hall–Kier alpha value is -2.43. The van der Waals surface area contributed by atoms with Gasteiger partial charge in [-0.25, -0.2) is 14.6 Å². The van der Waals surface area contributed by atoms with Crippen LogP contribution in [0, 0.1) is 0 Å². The second-order valence-electron chi connectivity index (χ2n) is 3.55. The summed E-state index contributed by atoms with van der Waals surface area (Å²) in [6, 6.07) is 8.21. The number of fused-ring (bicyclic) bond motifs is 1. The third kappa shape index (κ3) is 2.02. The number of benzene rings is 1. The molecule has 18 heavy (non-hydrogen) atoms. The van der Waals surface area contributed by atoms with Crippen molar-refractivity contribution < 1.29 is 19.1 Å².